The van der Waals surface area contributed by atoms with Gasteiger partial charge in [-0.15, -0.1) is 0 Å². The Kier molecular flexibility index (Phi) is 3.57. The minimum absolute atomic E-state index is 0.384. The zero-order valence-corrected chi connectivity index (χ0v) is 10.1. The van der Waals surface area contributed by atoms with Crippen LogP contribution in [0.1, 0.15) is 28.7 Å². The van der Waals surface area contributed by atoms with Crippen LogP contribution < -0.4 is 0 Å². The highest BCUT2D eigenvalue weighted by atomic mass is 19.4. The van der Waals surface area contributed by atoms with Crippen molar-refractivity contribution in [1.82, 2.24) is 15.0 Å². The van der Waals surface area contributed by atoms with Crippen molar-refractivity contribution in [1.29, 1.82) is 0 Å². The highest BCUT2D eigenvalue weighted by Crippen LogP contribution is 2.30. The Morgan fingerprint density at radius 2 is 2.16 bits per heavy atom. The third-order valence-electron chi connectivity index (χ3n) is 2.73. The third-order valence-corrected chi connectivity index (χ3v) is 2.73. The molecule has 0 amide bonds. The normalized spacial score (nSPS) is 13.5. The van der Waals surface area contributed by atoms with Gasteiger partial charge in [0.15, 0.2) is 0 Å². The van der Waals surface area contributed by atoms with Crippen molar-refractivity contribution in [3.8, 4) is 0 Å². The van der Waals surface area contributed by atoms with Gasteiger partial charge in [-0.25, -0.2) is 4.98 Å². The summed E-state index contributed by atoms with van der Waals surface area (Å²) in [6.07, 6.45) is -2.27. The molecule has 2 aromatic heterocycles. The number of imidazole rings is 1. The Hall–Kier alpha value is -1.89. The number of rotatable bonds is 3. The highest BCUT2D eigenvalue weighted by molar-refractivity contribution is 5.26. The van der Waals surface area contributed by atoms with E-state index in [-0.39, 0.29) is 0 Å². The number of nitrogens with one attached hydrogen (secondary N) is 1. The topological polar surface area (TPSA) is 61.8 Å². The van der Waals surface area contributed by atoms with Crippen molar-refractivity contribution in [2.45, 2.75) is 25.6 Å². The maximum atomic E-state index is 12.3. The van der Waals surface area contributed by atoms with Gasteiger partial charge in [0, 0.05) is 25.0 Å². The molecule has 0 radical (unpaired) electrons. The van der Waals surface area contributed by atoms with E-state index in [9.17, 15) is 13.2 Å². The molecule has 0 aliphatic rings. The Labute approximate surface area is 107 Å². The summed E-state index contributed by atoms with van der Waals surface area (Å²) in [5.74, 6) is -0.491. The predicted molar refractivity (Wildman–Crippen MR) is 61.4 cm³/mol. The fourth-order valence-corrected chi connectivity index (χ4v) is 1.66. The van der Waals surface area contributed by atoms with Crippen LogP contribution in [0.4, 0.5) is 13.2 Å². The minimum atomic E-state index is -4.72. The van der Waals surface area contributed by atoms with Gasteiger partial charge < -0.3 is 10.1 Å². The van der Waals surface area contributed by atoms with E-state index in [0.29, 0.717) is 12.1 Å². The molecule has 0 aliphatic carbocycles. The monoisotopic (exact) mass is 271 g/mol. The van der Waals surface area contributed by atoms with Crippen LogP contribution in [0.5, 0.6) is 0 Å². The lowest BCUT2D eigenvalue weighted by Crippen LogP contribution is -2.21. The molecule has 4 nitrogen and oxygen atoms in total. The number of pyridine rings is 1. The molecule has 2 heterocycles. The second kappa shape index (κ2) is 5.00. The number of aromatic amines is 1. The molecule has 0 spiro atoms. The first-order chi connectivity index (χ1) is 8.88. The third kappa shape index (κ3) is 3.11. The Morgan fingerprint density at radius 3 is 2.79 bits per heavy atom. The standard InChI is InChI=1S/C12H12F3N3O/c1-7-5-16-3-2-8(7)4-9-6-17-11(18-9)10(19)12(13,14)15/h2-3,5-6,10,19H,4H2,1H3,(H,17,18). The second-order valence-corrected chi connectivity index (χ2v) is 4.20. The maximum absolute atomic E-state index is 12.3. The molecule has 0 saturated heterocycles. The summed E-state index contributed by atoms with van der Waals surface area (Å²) in [6, 6.07) is 1.78. The molecule has 19 heavy (non-hydrogen) atoms. The Morgan fingerprint density at radius 1 is 1.42 bits per heavy atom. The summed E-state index contributed by atoms with van der Waals surface area (Å²) >= 11 is 0. The zero-order valence-electron chi connectivity index (χ0n) is 10.1. The average Bonchev–Trinajstić information content (AvgIpc) is 2.78. The smallest absolute Gasteiger partial charge is 0.377 e. The van der Waals surface area contributed by atoms with Gasteiger partial charge in [-0.2, -0.15) is 13.2 Å². The second-order valence-electron chi connectivity index (χ2n) is 4.20. The molecule has 7 heteroatoms. The number of nitrogens with zero attached hydrogens (tertiary/aromatic N) is 2. The summed E-state index contributed by atoms with van der Waals surface area (Å²) in [5, 5.41) is 9.06. The summed E-state index contributed by atoms with van der Waals surface area (Å²) in [5.41, 5.74) is 2.30. The van der Waals surface area contributed by atoms with Crippen molar-refractivity contribution < 1.29 is 18.3 Å². The van der Waals surface area contributed by atoms with Crippen molar-refractivity contribution in [3.63, 3.8) is 0 Å². The molecule has 1 unspecified atom stereocenters. The highest BCUT2D eigenvalue weighted by Gasteiger charge is 2.41. The Bertz CT molecular complexity index is 565. The lowest BCUT2D eigenvalue weighted by Gasteiger charge is -2.11. The van der Waals surface area contributed by atoms with Crippen LogP contribution in [0, 0.1) is 6.92 Å². The maximum Gasteiger partial charge on any atom is 0.421 e. The van der Waals surface area contributed by atoms with Gasteiger partial charge in [0.25, 0.3) is 0 Å². The number of H-pyrrole nitrogens is 1. The number of halogens is 3. The van der Waals surface area contributed by atoms with Gasteiger partial charge in [0.05, 0.1) is 5.69 Å². The molecule has 0 aromatic carbocycles. The van der Waals surface area contributed by atoms with Crippen LogP contribution in [-0.2, 0) is 6.42 Å². The van der Waals surface area contributed by atoms with Crippen molar-refractivity contribution >= 4 is 0 Å². The number of aliphatic hydroxyl groups excluding tert-OH is 1. The van der Waals surface area contributed by atoms with E-state index in [0.717, 1.165) is 11.1 Å². The molecule has 1 atom stereocenters. The van der Waals surface area contributed by atoms with Gasteiger partial charge in [0.2, 0.25) is 6.10 Å². The minimum Gasteiger partial charge on any atom is -0.377 e. The molecular formula is C12H12F3N3O. The predicted octanol–water partition coefficient (Wildman–Crippen LogP) is 2.30. The van der Waals surface area contributed by atoms with E-state index in [1.165, 1.54) is 6.20 Å². The van der Waals surface area contributed by atoms with Gasteiger partial charge in [-0.1, -0.05) is 0 Å². The van der Waals surface area contributed by atoms with E-state index in [1.54, 1.807) is 18.5 Å². The van der Waals surface area contributed by atoms with Crippen LogP contribution in [0.15, 0.2) is 24.7 Å². The summed E-state index contributed by atoms with van der Waals surface area (Å²) in [6.45, 7) is 1.86. The first kappa shape index (κ1) is 13.5. The van der Waals surface area contributed by atoms with Gasteiger partial charge in [-0.05, 0) is 24.1 Å². The summed E-state index contributed by atoms with van der Waals surface area (Å²) < 4.78 is 37.0. The zero-order chi connectivity index (χ0) is 14.0. The van der Waals surface area contributed by atoms with E-state index in [1.807, 2.05) is 6.92 Å². The first-order valence-corrected chi connectivity index (χ1v) is 5.56. The average molecular weight is 271 g/mol. The summed E-state index contributed by atoms with van der Waals surface area (Å²) in [4.78, 5) is 10.1. The number of aryl methyl sites for hydroxylation is 1. The number of alkyl halides is 3. The molecule has 2 rings (SSSR count). The van der Waals surface area contributed by atoms with Crippen LogP contribution in [0.2, 0.25) is 0 Å². The van der Waals surface area contributed by atoms with Crippen LogP contribution in [0.3, 0.4) is 0 Å². The first-order valence-electron chi connectivity index (χ1n) is 5.56. The largest absolute Gasteiger partial charge is 0.421 e. The molecule has 0 fully saturated rings. The SMILES string of the molecule is Cc1cnccc1Cc1c[nH]c(C(O)C(F)(F)F)n1. The number of hydrogen-bond acceptors (Lipinski definition) is 3. The molecule has 2 aromatic rings. The number of hydrogen-bond donors (Lipinski definition) is 2. The van der Waals surface area contributed by atoms with E-state index >= 15 is 0 Å². The lowest BCUT2D eigenvalue weighted by molar-refractivity contribution is -0.209. The molecule has 2 N–H and O–H groups in total. The molecule has 0 aliphatic heterocycles. The lowest BCUT2D eigenvalue weighted by atomic mass is 10.1. The summed E-state index contributed by atoms with van der Waals surface area (Å²) in [7, 11) is 0. The molecule has 102 valence electrons. The number of aromatic nitrogens is 3. The van der Waals surface area contributed by atoms with E-state index < -0.39 is 18.1 Å². The van der Waals surface area contributed by atoms with E-state index in [2.05, 4.69) is 15.0 Å². The fraction of sp³-hybridized carbons (Fsp3) is 0.333. The van der Waals surface area contributed by atoms with Gasteiger partial charge in [0.1, 0.15) is 5.82 Å². The number of aliphatic hydroxyl groups is 1. The van der Waals surface area contributed by atoms with Crippen molar-refractivity contribution in [2.75, 3.05) is 0 Å². The van der Waals surface area contributed by atoms with Crippen LogP contribution >= 0.6 is 0 Å². The van der Waals surface area contributed by atoms with E-state index in [4.69, 9.17) is 5.11 Å². The molecular weight excluding hydrogens is 259 g/mol. The van der Waals surface area contributed by atoms with Gasteiger partial charge >= 0.3 is 6.18 Å². The van der Waals surface area contributed by atoms with Gasteiger partial charge in [-0.3, -0.25) is 4.98 Å². The van der Waals surface area contributed by atoms with Crippen molar-refractivity contribution in [3.05, 3.63) is 47.3 Å². The molecule has 0 saturated carbocycles. The fourth-order valence-electron chi connectivity index (χ4n) is 1.66. The van der Waals surface area contributed by atoms with Crippen molar-refractivity contribution in [2.24, 2.45) is 0 Å². The Balaban J connectivity index is 2.16. The molecule has 0 bridgehead atoms. The quantitative estimate of drug-likeness (QED) is 0.900. The van der Waals surface area contributed by atoms with Crippen LogP contribution in [0.25, 0.3) is 0 Å². The van der Waals surface area contributed by atoms with Crippen LogP contribution in [-0.4, -0.2) is 26.2 Å².